The maximum absolute atomic E-state index is 13.7. The molecule has 0 unspecified atom stereocenters. The van der Waals surface area contributed by atoms with Gasteiger partial charge in [0, 0.05) is 11.6 Å². The van der Waals surface area contributed by atoms with Gasteiger partial charge >= 0.3 is 5.97 Å². The van der Waals surface area contributed by atoms with Gasteiger partial charge < -0.3 is 9.57 Å². The number of carbonyl (C=O) groups is 1. The molecule has 0 aliphatic heterocycles. The van der Waals surface area contributed by atoms with E-state index in [2.05, 4.69) is 4.74 Å². The van der Waals surface area contributed by atoms with Crippen LogP contribution in [0.3, 0.4) is 0 Å². The molecular weight excluding hydrogens is 256 g/mol. The first-order valence-electron chi connectivity index (χ1n) is 5.37. The number of esters is 1. The Hall–Kier alpha value is -2.37. The van der Waals surface area contributed by atoms with E-state index in [1.807, 2.05) is 0 Å². The fraction of sp³-hybridized carbons (Fsp3) is 0.154. The molecule has 1 heterocycles. The van der Waals surface area contributed by atoms with Gasteiger partial charge in [-0.25, -0.2) is 13.6 Å². The van der Waals surface area contributed by atoms with Crippen LogP contribution in [0.1, 0.15) is 10.4 Å². The quantitative estimate of drug-likeness (QED) is 0.801. The highest BCUT2D eigenvalue weighted by molar-refractivity contribution is 5.90. The van der Waals surface area contributed by atoms with Crippen LogP contribution in [-0.4, -0.2) is 24.9 Å². The second-order valence-corrected chi connectivity index (χ2v) is 3.74. The van der Waals surface area contributed by atoms with Crippen molar-refractivity contribution in [3.05, 3.63) is 47.7 Å². The Bertz CT molecular complexity index is 622. The normalized spacial score (nSPS) is 10.3. The average molecular weight is 267 g/mol. The molecule has 0 saturated carbocycles. The van der Waals surface area contributed by atoms with E-state index in [4.69, 9.17) is 4.84 Å². The number of aromatic nitrogens is 1. The van der Waals surface area contributed by atoms with Crippen molar-refractivity contribution in [1.29, 1.82) is 0 Å². The van der Waals surface area contributed by atoms with Gasteiger partial charge in [-0.05, 0) is 18.2 Å². The lowest BCUT2D eigenvalue weighted by Gasteiger charge is -2.07. The van der Waals surface area contributed by atoms with Crippen LogP contribution in [0.5, 0.6) is 0 Å². The zero-order valence-corrected chi connectivity index (χ0v) is 10.3. The van der Waals surface area contributed by atoms with Gasteiger partial charge in [-0.1, -0.05) is 0 Å². The van der Waals surface area contributed by atoms with E-state index in [0.29, 0.717) is 5.69 Å². The van der Waals surface area contributed by atoms with Crippen molar-refractivity contribution in [1.82, 2.24) is 4.73 Å². The summed E-state index contributed by atoms with van der Waals surface area (Å²) in [5.41, 5.74) is 0.627. The number of ether oxygens (including phenoxy) is 1. The molecule has 0 radical (unpaired) electrons. The van der Waals surface area contributed by atoms with Gasteiger partial charge in [0.05, 0.1) is 24.6 Å². The highest BCUT2D eigenvalue weighted by Crippen LogP contribution is 2.25. The topological polar surface area (TPSA) is 40.5 Å². The van der Waals surface area contributed by atoms with Crippen LogP contribution in [0, 0.1) is 11.6 Å². The summed E-state index contributed by atoms with van der Waals surface area (Å²) in [6.07, 6.45) is 1.37. The van der Waals surface area contributed by atoms with E-state index in [9.17, 15) is 13.6 Å². The summed E-state index contributed by atoms with van der Waals surface area (Å²) in [6.45, 7) is 0. The minimum absolute atomic E-state index is 0.124. The van der Waals surface area contributed by atoms with Crippen molar-refractivity contribution in [3.63, 3.8) is 0 Å². The molecule has 100 valence electrons. The fourth-order valence-corrected chi connectivity index (χ4v) is 1.72. The monoisotopic (exact) mass is 267 g/mol. The molecule has 1 aromatic carbocycles. The van der Waals surface area contributed by atoms with Crippen molar-refractivity contribution in [2.24, 2.45) is 0 Å². The molecule has 19 heavy (non-hydrogen) atoms. The lowest BCUT2D eigenvalue weighted by atomic mass is 10.1. The smallest absolute Gasteiger partial charge is 0.339 e. The highest BCUT2D eigenvalue weighted by Gasteiger charge is 2.17. The third-order valence-corrected chi connectivity index (χ3v) is 2.61. The number of methoxy groups -OCH3 is 1. The standard InChI is InChI=1S/C13H11F2NO3/c1-18-13(17)8-5-12(16(7-8)19-2)10-4-3-9(14)6-11(10)15/h3-7H,1-2H3. The molecule has 0 N–H and O–H groups in total. The largest absolute Gasteiger partial charge is 0.465 e. The second kappa shape index (κ2) is 5.09. The number of nitrogens with zero attached hydrogens (tertiary/aromatic N) is 1. The van der Waals surface area contributed by atoms with Crippen LogP contribution in [0.2, 0.25) is 0 Å². The minimum atomic E-state index is -0.743. The number of rotatable bonds is 3. The maximum atomic E-state index is 13.7. The second-order valence-electron chi connectivity index (χ2n) is 3.74. The summed E-state index contributed by atoms with van der Waals surface area (Å²) >= 11 is 0. The van der Waals surface area contributed by atoms with Crippen LogP contribution in [-0.2, 0) is 4.74 Å². The number of hydrogen-bond acceptors (Lipinski definition) is 3. The molecule has 0 aliphatic carbocycles. The van der Waals surface area contributed by atoms with Gasteiger partial charge in [-0.3, -0.25) is 0 Å². The van der Waals surface area contributed by atoms with E-state index < -0.39 is 17.6 Å². The molecule has 0 saturated heterocycles. The summed E-state index contributed by atoms with van der Waals surface area (Å²) in [6, 6.07) is 4.58. The van der Waals surface area contributed by atoms with E-state index >= 15 is 0 Å². The summed E-state index contributed by atoms with van der Waals surface area (Å²) in [5.74, 6) is -1.99. The van der Waals surface area contributed by atoms with E-state index in [0.717, 1.165) is 12.1 Å². The van der Waals surface area contributed by atoms with Gasteiger partial charge in [0.1, 0.15) is 18.7 Å². The van der Waals surface area contributed by atoms with Crippen LogP contribution in [0.25, 0.3) is 11.3 Å². The van der Waals surface area contributed by atoms with Gasteiger partial charge in [0.15, 0.2) is 0 Å². The Balaban J connectivity index is 2.54. The van der Waals surface area contributed by atoms with Crippen LogP contribution < -0.4 is 4.84 Å². The zero-order valence-electron chi connectivity index (χ0n) is 10.3. The Morgan fingerprint density at radius 3 is 2.53 bits per heavy atom. The average Bonchev–Trinajstić information content (AvgIpc) is 2.81. The molecule has 1 aromatic heterocycles. The number of carbonyl (C=O) groups excluding carboxylic acids is 1. The number of halogens is 2. The molecule has 0 atom stereocenters. The van der Waals surface area contributed by atoms with Crippen LogP contribution >= 0.6 is 0 Å². The van der Waals surface area contributed by atoms with Gasteiger partial charge in [-0.15, -0.1) is 0 Å². The summed E-state index contributed by atoms with van der Waals surface area (Å²) in [5, 5.41) is 0. The molecular formula is C13H11F2NO3. The van der Waals surface area contributed by atoms with Gasteiger partial charge in [0.2, 0.25) is 0 Å². The van der Waals surface area contributed by atoms with Crippen LogP contribution in [0.4, 0.5) is 8.78 Å². The molecule has 0 amide bonds. The zero-order chi connectivity index (χ0) is 14.0. The van der Waals surface area contributed by atoms with Crippen LogP contribution in [0.15, 0.2) is 30.5 Å². The van der Waals surface area contributed by atoms with Gasteiger partial charge in [-0.2, -0.15) is 4.73 Å². The maximum Gasteiger partial charge on any atom is 0.339 e. The molecule has 6 heteroatoms. The molecule has 2 rings (SSSR count). The van der Waals surface area contributed by atoms with E-state index in [1.54, 1.807) is 0 Å². The Morgan fingerprint density at radius 2 is 1.95 bits per heavy atom. The number of hydrogen-bond donors (Lipinski definition) is 0. The van der Waals surface area contributed by atoms with E-state index in [-0.39, 0.29) is 11.1 Å². The predicted molar refractivity (Wildman–Crippen MR) is 63.6 cm³/mol. The summed E-state index contributed by atoms with van der Waals surface area (Å²) in [7, 11) is 2.61. The lowest BCUT2D eigenvalue weighted by molar-refractivity contribution is 0.0598. The summed E-state index contributed by atoms with van der Waals surface area (Å²) < 4.78 is 32.4. The molecule has 0 bridgehead atoms. The molecule has 2 aromatic rings. The fourth-order valence-electron chi connectivity index (χ4n) is 1.72. The van der Waals surface area contributed by atoms with Gasteiger partial charge in [0.25, 0.3) is 0 Å². The molecule has 0 aliphatic rings. The first-order valence-corrected chi connectivity index (χ1v) is 5.37. The Morgan fingerprint density at radius 1 is 1.21 bits per heavy atom. The van der Waals surface area contributed by atoms with Crippen molar-refractivity contribution >= 4 is 5.97 Å². The third-order valence-electron chi connectivity index (χ3n) is 2.61. The van der Waals surface area contributed by atoms with E-state index in [1.165, 1.54) is 37.3 Å². The minimum Gasteiger partial charge on any atom is -0.465 e. The number of benzene rings is 1. The SMILES string of the molecule is COC(=O)c1cc(-c2ccc(F)cc2F)n(OC)c1. The predicted octanol–water partition coefficient (Wildman–Crippen LogP) is 2.28. The first-order chi connectivity index (χ1) is 9.06. The molecule has 4 nitrogen and oxygen atoms in total. The Labute approximate surface area is 108 Å². The third kappa shape index (κ3) is 2.42. The van der Waals surface area contributed by atoms with Crippen molar-refractivity contribution in [2.45, 2.75) is 0 Å². The lowest BCUT2D eigenvalue weighted by Crippen LogP contribution is -2.06. The van der Waals surface area contributed by atoms with Crippen molar-refractivity contribution in [2.75, 3.05) is 14.2 Å². The van der Waals surface area contributed by atoms with Crippen molar-refractivity contribution < 1.29 is 23.1 Å². The first kappa shape index (κ1) is 13.1. The Kier molecular flexibility index (Phi) is 3.50. The summed E-state index contributed by atoms with van der Waals surface area (Å²) in [4.78, 5) is 16.4. The highest BCUT2D eigenvalue weighted by atomic mass is 19.1. The van der Waals surface area contributed by atoms with Crippen molar-refractivity contribution in [3.8, 4) is 11.3 Å². The molecule has 0 spiro atoms. The molecule has 0 fully saturated rings.